The van der Waals surface area contributed by atoms with Crippen molar-refractivity contribution in [2.45, 2.75) is 57.5 Å². The number of hydrogen-bond acceptors (Lipinski definition) is 6. The maximum atomic E-state index is 11.3. The van der Waals surface area contributed by atoms with Crippen LogP contribution < -0.4 is 5.73 Å². The van der Waals surface area contributed by atoms with E-state index >= 15 is 0 Å². The first-order chi connectivity index (χ1) is 9.86. The third-order valence-corrected chi connectivity index (χ3v) is 3.97. The Morgan fingerprint density at radius 1 is 1.67 bits per heavy atom. The summed E-state index contributed by atoms with van der Waals surface area (Å²) in [6.07, 6.45) is 2.77. The number of ether oxygens (including phenoxy) is 2. The van der Waals surface area contributed by atoms with Crippen LogP contribution >= 0.6 is 0 Å². The monoisotopic (exact) mass is 294 g/mol. The largest absolute Gasteiger partial charge is 0.459 e. The van der Waals surface area contributed by atoms with Gasteiger partial charge in [0.05, 0.1) is 24.1 Å². The number of hydrogen-bond donors (Lipinski definition) is 2. The van der Waals surface area contributed by atoms with Gasteiger partial charge in [0.1, 0.15) is 11.7 Å². The number of nitrogens with zero attached hydrogens (tertiary/aromatic N) is 1. The van der Waals surface area contributed by atoms with Crippen molar-refractivity contribution in [3.8, 4) is 0 Å². The molecule has 2 rings (SSSR count). The fourth-order valence-electron chi connectivity index (χ4n) is 2.82. The summed E-state index contributed by atoms with van der Waals surface area (Å²) < 4.78 is 11.3. The number of carbonyl (C=O) groups excluding carboxylic acids is 1. The maximum absolute atomic E-state index is 11.3. The van der Waals surface area contributed by atoms with Gasteiger partial charge in [-0.25, -0.2) is 0 Å². The minimum absolute atomic E-state index is 0.331. The number of aromatic nitrogens is 1. The van der Waals surface area contributed by atoms with Gasteiger partial charge >= 0.3 is 5.97 Å². The van der Waals surface area contributed by atoms with Crippen LogP contribution in [-0.4, -0.2) is 33.9 Å². The molecule has 0 radical (unpaired) electrons. The molecule has 0 bridgehead atoms. The summed E-state index contributed by atoms with van der Waals surface area (Å²) in [5.74, 6) is -0.418. The highest BCUT2D eigenvalue weighted by atomic mass is 16.6. The van der Waals surface area contributed by atoms with Gasteiger partial charge in [0.15, 0.2) is 0 Å². The van der Waals surface area contributed by atoms with E-state index in [0.717, 1.165) is 5.56 Å². The van der Waals surface area contributed by atoms with E-state index in [4.69, 9.17) is 15.2 Å². The van der Waals surface area contributed by atoms with Crippen LogP contribution in [0, 0.1) is 0 Å². The molecular formula is C15H22N2O4. The van der Waals surface area contributed by atoms with Crippen molar-refractivity contribution in [2.24, 2.45) is 0 Å². The van der Waals surface area contributed by atoms with Crippen molar-refractivity contribution >= 4 is 11.7 Å². The molecule has 1 aliphatic rings. The van der Waals surface area contributed by atoms with Crippen LogP contribution in [0.25, 0.3) is 0 Å². The van der Waals surface area contributed by atoms with E-state index < -0.39 is 23.8 Å². The Balaban J connectivity index is 2.30. The molecule has 0 aromatic carbocycles. The molecule has 0 saturated carbocycles. The number of anilines is 1. The average Bonchev–Trinajstić information content (AvgIpc) is 2.41. The van der Waals surface area contributed by atoms with Gasteiger partial charge in [-0.2, -0.15) is 0 Å². The van der Waals surface area contributed by atoms with Crippen LogP contribution in [0.3, 0.4) is 0 Å². The zero-order valence-corrected chi connectivity index (χ0v) is 12.6. The first-order valence-electron chi connectivity index (χ1n) is 7.10. The van der Waals surface area contributed by atoms with Gasteiger partial charge in [0, 0.05) is 25.1 Å². The zero-order chi connectivity index (χ0) is 15.6. The van der Waals surface area contributed by atoms with E-state index in [9.17, 15) is 9.90 Å². The Hall–Kier alpha value is -1.66. The summed E-state index contributed by atoms with van der Waals surface area (Å²) in [4.78, 5) is 15.3. The Kier molecular flexibility index (Phi) is 4.49. The number of nitrogens with two attached hydrogens (primary N) is 1. The number of pyridine rings is 1. The predicted molar refractivity (Wildman–Crippen MR) is 77.3 cm³/mol. The number of esters is 1. The quantitative estimate of drug-likeness (QED) is 0.822. The van der Waals surface area contributed by atoms with Crippen LogP contribution in [0.15, 0.2) is 18.5 Å². The molecule has 0 amide bonds. The summed E-state index contributed by atoms with van der Waals surface area (Å²) in [5.41, 5.74) is 6.05. The summed E-state index contributed by atoms with van der Waals surface area (Å²) in [6, 6.07) is 1.79. The number of rotatable bonds is 3. The van der Waals surface area contributed by atoms with Crippen molar-refractivity contribution in [3.63, 3.8) is 0 Å². The molecule has 1 fully saturated rings. The van der Waals surface area contributed by atoms with E-state index in [0.29, 0.717) is 18.5 Å². The van der Waals surface area contributed by atoms with E-state index in [1.165, 1.54) is 6.92 Å². The zero-order valence-electron chi connectivity index (χ0n) is 12.6. The van der Waals surface area contributed by atoms with Crippen LogP contribution in [0.4, 0.5) is 5.69 Å². The van der Waals surface area contributed by atoms with E-state index in [1.807, 2.05) is 6.92 Å². The Bertz CT molecular complexity index is 518. The lowest BCUT2D eigenvalue weighted by Gasteiger charge is -2.45. The fourth-order valence-corrected chi connectivity index (χ4v) is 2.82. The molecule has 0 spiro atoms. The van der Waals surface area contributed by atoms with Gasteiger partial charge < -0.3 is 20.3 Å². The lowest BCUT2D eigenvalue weighted by Crippen LogP contribution is -2.56. The van der Waals surface area contributed by atoms with Crippen molar-refractivity contribution in [1.29, 1.82) is 0 Å². The third-order valence-electron chi connectivity index (χ3n) is 3.97. The Labute approximate surface area is 124 Å². The summed E-state index contributed by atoms with van der Waals surface area (Å²) in [5, 5.41) is 10.6. The molecule has 4 atom stereocenters. The van der Waals surface area contributed by atoms with Crippen LogP contribution in [-0.2, 0) is 14.3 Å². The Morgan fingerprint density at radius 3 is 2.95 bits per heavy atom. The lowest BCUT2D eigenvalue weighted by molar-refractivity contribution is -0.232. The van der Waals surface area contributed by atoms with Gasteiger partial charge in [0.25, 0.3) is 0 Å². The van der Waals surface area contributed by atoms with Crippen molar-refractivity contribution in [1.82, 2.24) is 4.98 Å². The minimum Gasteiger partial charge on any atom is -0.459 e. The number of nitrogen functional groups attached to an aromatic ring is 1. The summed E-state index contributed by atoms with van der Waals surface area (Å²) in [7, 11) is 0. The molecule has 6 nitrogen and oxygen atoms in total. The minimum atomic E-state index is -1.22. The van der Waals surface area contributed by atoms with E-state index in [1.54, 1.807) is 25.4 Å². The molecule has 1 aromatic rings. The molecular weight excluding hydrogens is 272 g/mol. The second-order valence-corrected chi connectivity index (χ2v) is 5.59. The van der Waals surface area contributed by atoms with E-state index in [-0.39, 0.29) is 6.10 Å². The van der Waals surface area contributed by atoms with Crippen LogP contribution in [0.1, 0.15) is 45.3 Å². The van der Waals surface area contributed by atoms with Gasteiger partial charge in [-0.1, -0.05) is 6.92 Å². The molecule has 0 unspecified atom stereocenters. The highest BCUT2D eigenvalue weighted by Crippen LogP contribution is 2.41. The summed E-state index contributed by atoms with van der Waals surface area (Å²) >= 11 is 0. The SMILES string of the molecule is CC[C@@H]1O[C@H](c2ccncc2N)C[C@H](OC(C)=O)[C@]1(C)O. The number of aliphatic hydroxyl groups is 1. The van der Waals surface area contributed by atoms with E-state index in [2.05, 4.69) is 4.98 Å². The second kappa shape index (κ2) is 5.99. The van der Waals surface area contributed by atoms with Crippen molar-refractivity contribution in [2.75, 3.05) is 5.73 Å². The molecule has 2 heterocycles. The molecule has 1 aromatic heterocycles. The van der Waals surface area contributed by atoms with Gasteiger partial charge in [-0.05, 0) is 19.4 Å². The van der Waals surface area contributed by atoms with Gasteiger partial charge in [-0.3, -0.25) is 9.78 Å². The van der Waals surface area contributed by atoms with Crippen LogP contribution in [0.2, 0.25) is 0 Å². The average molecular weight is 294 g/mol. The molecule has 1 aliphatic heterocycles. The van der Waals surface area contributed by atoms with Crippen molar-refractivity contribution < 1.29 is 19.4 Å². The van der Waals surface area contributed by atoms with Crippen molar-refractivity contribution in [3.05, 3.63) is 24.0 Å². The normalized spacial score (nSPS) is 32.7. The second-order valence-electron chi connectivity index (χ2n) is 5.59. The topological polar surface area (TPSA) is 94.7 Å². The Morgan fingerprint density at radius 2 is 2.38 bits per heavy atom. The fraction of sp³-hybridized carbons (Fsp3) is 0.600. The standard InChI is InChI=1S/C15H22N2O4/c1-4-13-15(3,19)14(20-9(2)18)7-12(21-13)10-5-6-17-8-11(10)16/h5-6,8,12-14,19H,4,7,16H2,1-3H3/t12-,13-,14-,15+/m0/s1. The molecule has 1 saturated heterocycles. The maximum Gasteiger partial charge on any atom is 0.303 e. The van der Waals surface area contributed by atoms with Gasteiger partial charge in [-0.15, -0.1) is 0 Å². The van der Waals surface area contributed by atoms with Crippen LogP contribution in [0.5, 0.6) is 0 Å². The summed E-state index contributed by atoms with van der Waals surface area (Å²) in [6.45, 7) is 4.89. The lowest BCUT2D eigenvalue weighted by atomic mass is 9.82. The smallest absolute Gasteiger partial charge is 0.303 e. The highest BCUT2D eigenvalue weighted by Gasteiger charge is 2.48. The molecule has 0 aliphatic carbocycles. The van der Waals surface area contributed by atoms with Gasteiger partial charge in [0.2, 0.25) is 0 Å². The molecule has 116 valence electrons. The molecule has 21 heavy (non-hydrogen) atoms. The first kappa shape index (κ1) is 15.7. The highest BCUT2D eigenvalue weighted by molar-refractivity contribution is 5.66. The molecule has 6 heteroatoms. The third kappa shape index (κ3) is 3.16. The first-order valence-corrected chi connectivity index (χ1v) is 7.10. The number of carbonyl (C=O) groups is 1. The molecule has 3 N–H and O–H groups in total. The predicted octanol–water partition coefficient (Wildman–Crippen LogP) is 1.59.